The molecule has 1 aliphatic carbocycles. The van der Waals surface area contributed by atoms with Gasteiger partial charge in [-0.25, -0.2) is 4.98 Å². The molecule has 28 heavy (non-hydrogen) atoms. The van der Waals surface area contributed by atoms with Gasteiger partial charge in [0.2, 0.25) is 0 Å². The molecule has 0 spiro atoms. The van der Waals surface area contributed by atoms with Crippen LogP contribution in [-0.2, 0) is 6.42 Å². The van der Waals surface area contributed by atoms with Gasteiger partial charge in [-0.3, -0.25) is 4.79 Å². The van der Waals surface area contributed by atoms with E-state index in [-0.39, 0.29) is 12.0 Å². The highest BCUT2D eigenvalue weighted by atomic mass is 16.5. The summed E-state index contributed by atoms with van der Waals surface area (Å²) in [6, 6.07) is 10.7. The van der Waals surface area contributed by atoms with Crippen molar-refractivity contribution in [2.45, 2.75) is 45.1 Å². The Bertz CT molecular complexity index is 989. The maximum absolute atomic E-state index is 12.7. The summed E-state index contributed by atoms with van der Waals surface area (Å²) in [6.45, 7) is 1.99. The van der Waals surface area contributed by atoms with Crippen molar-refractivity contribution in [3.63, 3.8) is 0 Å². The predicted molar refractivity (Wildman–Crippen MR) is 107 cm³/mol. The first kappa shape index (κ1) is 18.3. The van der Waals surface area contributed by atoms with Gasteiger partial charge in [-0.15, -0.1) is 0 Å². The summed E-state index contributed by atoms with van der Waals surface area (Å²) in [5.74, 6) is 1.71. The summed E-state index contributed by atoms with van der Waals surface area (Å²) in [4.78, 5) is 17.1. The molecule has 0 bridgehead atoms. The number of hydrogen-bond donors (Lipinski definition) is 1. The number of carbonyl (C=O) groups is 1. The van der Waals surface area contributed by atoms with Crippen LogP contribution in [0.1, 0.15) is 48.9 Å². The summed E-state index contributed by atoms with van der Waals surface area (Å²) in [5, 5.41) is 2.90. The molecule has 1 heterocycles. The molecular weight excluding hydrogens is 356 g/mol. The first-order valence-corrected chi connectivity index (χ1v) is 9.72. The second-order valence-electron chi connectivity index (χ2n) is 6.99. The minimum atomic E-state index is -0.218. The Labute approximate surface area is 163 Å². The van der Waals surface area contributed by atoms with Crippen molar-refractivity contribution >= 4 is 22.7 Å². The van der Waals surface area contributed by atoms with Crippen LogP contribution in [0.3, 0.4) is 0 Å². The van der Waals surface area contributed by atoms with E-state index in [2.05, 4.69) is 10.3 Å². The van der Waals surface area contributed by atoms with Crippen molar-refractivity contribution in [2.24, 2.45) is 0 Å². The number of ether oxygens (including phenoxy) is 2. The second kappa shape index (κ2) is 7.92. The number of nitrogens with one attached hydrogen (secondary N) is 1. The molecule has 1 fully saturated rings. The molecule has 4 rings (SSSR count). The first-order valence-electron chi connectivity index (χ1n) is 9.72. The zero-order valence-corrected chi connectivity index (χ0v) is 16.2. The van der Waals surface area contributed by atoms with E-state index < -0.39 is 0 Å². The van der Waals surface area contributed by atoms with E-state index in [9.17, 15) is 4.79 Å². The average molecular weight is 380 g/mol. The Morgan fingerprint density at radius 2 is 2.00 bits per heavy atom. The van der Waals surface area contributed by atoms with Gasteiger partial charge in [0.1, 0.15) is 5.52 Å². The van der Waals surface area contributed by atoms with Crippen LogP contribution in [0.4, 0.5) is 5.69 Å². The third kappa shape index (κ3) is 3.81. The van der Waals surface area contributed by atoms with Gasteiger partial charge in [0, 0.05) is 17.7 Å². The number of aryl methyl sites for hydroxylation is 1. The van der Waals surface area contributed by atoms with Crippen LogP contribution >= 0.6 is 0 Å². The Kier molecular flexibility index (Phi) is 5.19. The van der Waals surface area contributed by atoms with E-state index in [1.54, 1.807) is 31.4 Å². The third-order valence-corrected chi connectivity index (χ3v) is 5.01. The van der Waals surface area contributed by atoms with Crippen LogP contribution < -0.4 is 14.8 Å². The topological polar surface area (TPSA) is 73.6 Å². The molecule has 1 aliphatic rings. The van der Waals surface area contributed by atoms with Gasteiger partial charge in [-0.2, -0.15) is 0 Å². The number of rotatable bonds is 6. The van der Waals surface area contributed by atoms with Gasteiger partial charge in [-0.1, -0.05) is 6.92 Å². The highest BCUT2D eigenvalue weighted by Gasteiger charge is 2.19. The van der Waals surface area contributed by atoms with Gasteiger partial charge in [0.25, 0.3) is 5.91 Å². The van der Waals surface area contributed by atoms with E-state index in [0.717, 1.165) is 24.8 Å². The number of aromatic nitrogens is 1. The largest absolute Gasteiger partial charge is 0.493 e. The van der Waals surface area contributed by atoms with Crippen molar-refractivity contribution in [2.75, 3.05) is 12.4 Å². The average Bonchev–Trinajstić information content (AvgIpc) is 3.37. The number of hydrogen-bond acceptors (Lipinski definition) is 5. The molecule has 0 saturated heterocycles. The van der Waals surface area contributed by atoms with Gasteiger partial charge in [-0.05, 0) is 62.1 Å². The molecule has 0 atom stereocenters. The van der Waals surface area contributed by atoms with Gasteiger partial charge >= 0.3 is 0 Å². The van der Waals surface area contributed by atoms with Crippen LogP contribution in [0.15, 0.2) is 40.8 Å². The lowest BCUT2D eigenvalue weighted by Crippen LogP contribution is -2.14. The van der Waals surface area contributed by atoms with Crippen LogP contribution in [0.5, 0.6) is 11.5 Å². The first-order chi connectivity index (χ1) is 13.7. The van der Waals surface area contributed by atoms with E-state index >= 15 is 0 Å². The standard InChI is InChI=1S/C22H24N2O4/c1-3-21-24-17-13-15(9-11-18(17)28-21)23-22(25)14-8-10-19(20(12-14)26-2)27-16-6-4-5-7-16/h8-13,16H,3-7H2,1-2H3,(H,23,25). The minimum absolute atomic E-state index is 0.218. The number of nitrogens with zero attached hydrogens (tertiary/aromatic N) is 1. The summed E-state index contributed by atoms with van der Waals surface area (Å²) in [5.41, 5.74) is 2.61. The van der Waals surface area contributed by atoms with Gasteiger partial charge in [0.15, 0.2) is 23.0 Å². The number of anilines is 1. The molecule has 6 nitrogen and oxygen atoms in total. The van der Waals surface area contributed by atoms with E-state index in [1.165, 1.54) is 12.8 Å². The van der Waals surface area contributed by atoms with Gasteiger partial charge < -0.3 is 19.2 Å². The smallest absolute Gasteiger partial charge is 0.255 e. The summed E-state index contributed by atoms with van der Waals surface area (Å²) in [7, 11) is 1.59. The van der Waals surface area contributed by atoms with Crippen molar-refractivity contribution in [3.8, 4) is 11.5 Å². The number of benzene rings is 2. The van der Waals surface area contributed by atoms with E-state index in [0.29, 0.717) is 34.2 Å². The molecule has 1 saturated carbocycles. The maximum Gasteiger partial charge on any atom is 0.255 e. The molecule has 0 radical (unpaired) electrons. The Morgan fingerprint density at radius 1 is 1.18 bits per heavy atom. The Hall–Kier alpha value is -3.02. The molecular formula is C22H24N2O4. The zero-order valence-electron chi connectivity index (χ0n) is 16.2. The highest BCUT2D eigenvalue weighted by molar-refractivity contribution is 6.05. The molecule has 2 aromatic carbocycles. The maximum atomic E-state index is 12.7. The number of fused-ring (bicyclic) bond motifs is 1. The number of oxazole rings is 1. The quantitative estimate of drug-likeness (QED) is 0.653. The van der Waals surface area contributed by atoms with Gasteiger partial charge in [0.05, 0.1) is 13.2 Å². The van der Waals surface area contributed by atoms with Crippen molar-refractivity contribution < 1.29 is 18.7 Å². The van der Waals surface area contributed by atoms with Crippen molar-refractivity contribution in [1.29, 1.82) is 0 Å². The summed E-state index contributed by atoms with van der Waals surface area (Å²) in [6.07, 6.45) is 5.49. The fraction of sp³-hybridized carbons (Fsp3) is 0.364. The molecule has 0 aliphatic heterocycles. The van der Waals surface area contributed by atoms with E-state index in [1.807, 2.05) is 19.1 Å². The number of methoxy groups -OCH3 is 1. The van der Waals surface area contributed by atoms with Crippen molar-refractivity contribution in [1.82, 2.24) is 4.98 Å². The fourth-order valence-corrected chi connectivity index (χ4v) is 3.50. The lowest BCUT2D eigenvalue weighted by atomic mass is 10.1. The SMILES string of the molecule is CCc1nc2cc(NC(=O)c3ccc(OC4CCCC4)c(OC)c3)ccc2o1. The molecule has 6 heteroatoms. The third-order valence-electron chi connectivity index (χ3n) is 5.01. The normalized spacial score (nSPS) is 14.4. The summed E-state index contributed by atoms with van der Waals surface area (Å²) < 4.78 is 17.1. The number of amides is 1. The zero-order chi connectivity index (χ0) is 19.5. The van der Waals surface area contributed by atoms with Crippen LogP contribution in [0.2, 0.25) is 0 Å². The monoisotopic (exact) mass is 380 g/mol. The van der Waals surface area contributed by atoms with Crippen LogP contribution in [-0.4, -0.2) is 24.1 Å². The molecule has 3 aromatic rings. The predicted octanol–water partition coefficient (Wildman–Crippen LogP) is 4.97. The molecule has 146 valence electrons. The molecule has 1 N–H and O–H groups in total. The fourth-order valence-electron chi connectivity index (χ4n) is 3.50. The number of carbonyl (C=O) groups excluding carboxylic acids is 1. The summed E-state index contributed by atoms with van der Waals surface area (Å²) >= 11 is 0. The van der Waals surface area contributed by atoms with E-state index in [4.69, 9.17) is 13.9 Å². The lowest BCUT2D eigenvalue weighted by Gasteiger charge is -2.16. The molecule has 1 aromatic heterocycles. The van der Waals surface area contributed by atoms with Crippen LogP contribution in [0, 0.1) is 0 Å². The Morgan fingerprint density at radius 3 is 2.75 bits per heavy atom. The molecule has 1 amide bonds. The van der Waals surface area contributed by atoms with Crippen LogP contribution in [0.25, 0.3) is 11.1 Å². The minimum Gasteiger partial charge on any atom is -0.493 e. The second-order valence-corrected chi connectivity index (χ2v) is 6.99. The lowest BCUT2D eigenvalue weighted by molar-refractivity contribution is 0.102. The highest BCUT2D eigenvalue weighted by Crippen LogP contribution is 2.32. The van der Waals surface area contributed by atoms with Crippen molar-refractivity contribution in [3.05, 3.63) is 47.9 Å². The Balaban J connectivity index is 1.50. The molecule has 0 unspecified atom stereocenters.